The number of carbonyl (C=O) groups excluding carboxylic acids is 1. The summed E-state index contributed by atoms with van der Waals surface area (Å²) in [7, 11) is 1.61. The van der Waals surface area contributed by atoms with Gasteiger partial charge in [0.15, 0.2) is 5.82 Å². The second kappa shape index (κ2) is 8.18. The molecule has 2 N–H and O–H groups in total. The molecule has 130 valence electrons. The number of amides is 1. The van der Waals surface area contributed by atoms with E-state index in [0.717, 1.165) is 11.3 Å². The van der Waals surface area contributed by atoms with E-state index in [2.05, 4.69) is 20.5 Å². The predicted octanol–water partition coefficient (Wildman–Crippen LogP) is 3.08. The molecule has 0 saturated heterocycles. The predicted molar refractivity (Wildman–Crippen MR) is 98.9 cm³/mol. The minimum Gasteiger partial charge on any atom is -0.497 e. The van der Waals surface area contributed by atoms with Crippen molar-refractivity contribution < 1.29 is 9.53 Å². The Kier molecular flexibility index (Phi) is 5.51. The van der Waals surface area contributed by atoms with Gasteiger partial charge in [-0.3, -0.25) is 9.89 Å². The van der Waals surface area contributed by atoms with E-state index in [1.54, 1.807) is 31.4 Å². The van der Waals surface area contributed by atoms with Crippen LogP contribution in [0.4, 0.5) is 5.69 Å². The van der Waals surface area contributed by atoms with Crippen LogP contribution in [0.15, 0.2) is 53.7 Å². The zero-order chi connectivity index (χ0) is 18.4. The van der Waals surface area contributed by atoms with E-state index in [4.69, 9.17) is 10.00 Å². The number of hydrogen-bond donors (Lipinski definition) is 2. The molecule has 0 aliphatic heterocycles. The molecule has 0 aliphatic rings. The van der Waals surface area contributed by atoms with Crippen LogP contribution in [-0.2, 0) is 4.79 Å². The van der Waals surface area contributed by atoms with Crippen LogP contribution >= 0.6 is 11.8 Å². The summed E-state index contributed by atoms with van der Waals surface area (Å²) in [5, 5.41) is 19.1. The summed E-state index contributed by atoms with van der Waals surface area (Å²) in [4.78, 5) is 16.4. The first-order valence-electron chi connectivity index (χ1n) is 7.67. The van der Waals surface area contributed by atoms with Gasteiger partial charge in [-0.05, 0) is 42.5 Å². The Morgan fingerprint density at radius 2 is 2.12 bits per heavy atom. The first-order chi connectivity index (χ1) is 12.7. The normalized spacial score (nSPS) is 10.2. The molecule has 3 rings (SSSR count). The Morgan fingerprint density at radius 3 is 2.85 bits per heavy atom. The lowest BCUT2D eigenvalue weighted by Crippen LogP contribution is -2.14. The number of thioether (sulfide) groups is 1. The van der Waals surface area contributed by atoms with Gasteiger partial charge in [-0.25, -0.2) is 4.98 Å². The number of nitrogens with one attached hydrogen (secondary N) is 2. The lowest BCUT2D eigenvalue weighted by molar-refractivity contribution is -0.113. The molecule has 2 aromatic carbocycles. The molecule has 0 atom stereocenters. The van der Waals surface area contributed by atoms with E-state index in [-0.39, 0.29) is 11.7 Å². The Balaban J connectivity index is 1.57. The molecule has 1 heterocycles. The molecule has 0 fully saturated rings. The number of benzene rings is 2. The van der Waals surface area contributed by atoms with E-state index in [9.17, 15) is 4.79 Å². The van der Waals surface area contributed by atoms with Crippen LogP contribution in [0.1, 0.15) is 5.56 Å². The molecule has 0 saturated carbocycles. The molecule has 0 radical (unpaired) electrons. The van der Waals surface area contributed by atoms with Gasteiger partial charge in [0.1, 0.15) is 5.75 Å². The standard InChI is InChI=1S/C18H15N5O2S/c1-25-15-7-5-13(6-8-15)17-21-18(23-22-17)26-11-16(24)20-14-4-2-3-12(9-14)10-19/h2-9H,11H2,1H3,(H,20,24)(H,21,22,23). The quantitative estimate of drug-likeness (QED) is 0.651. The summed E-state index contributed by atoms with van der Waals surface area (Å²) in [6.07, 6.45) is 0. The Morgan fingerprint density at radius 1 is 1.31 bits per heavy atom. The van der Waals surface area contributed by atoms with Crippen LogP contribution in [0.3, 0.4) is 0 Å². The first-order valence-corrected chi connectivity index (χ1v) is 8.66. The number of H-pyrrole nitrogens is 1. The van der Waals surface area contributed by atoms with Crippen molar-refractivity contribution in [2.45, 2.75) is 5.16 Å². The number of nitrogens with zero attached hydrogens (tertiary/aromatic N) is 3. The van der Waals surface area contributed by atoms with Crippen LogP contribution in [0.25, 0.3) is 11.4 Å². The van der Waals surface area contributed by atoms with Crippen molar-refractivity contribution in [1.29, 1.82) is 5.26 Å². The smallest absolute Gasteiger partial charge is 0.234 e. The van der Waals surface area contributed by atoms with E-state index in [0.29, 0.717) is 22.2 Å². The average Bonchev–Trinajstić information content (AvgIpc) is 3.15. The van der Waals surface area contributed by atoms with Crippen LogP contribution in [0.5, 0.6) is 5.75 Å². The summed E-state index contributed by atoms with van der Waals surface area (Å²) >= 11 is 1.23. The van der Waals surface area contributed by atoms with E-state index in [1.807, 2.05) is 30.3 Å². The lowest BCUT2D eigenvalue weighted by Gasteiger charge is -2.04. The fraction of sp³-hybridized carbons (Fsp3) is 0.111. The number of methoxy groups -OCH3 is 1. The summed E-state index contributed by atoms with van der Waals surface area (Å²) in [6.45, 7) is 0. The summed E-state index contributed by atoms with van der Waals surface area (Å²) in [5.41, 5.74) is 1.96. The molecular formula is C18H15N5O2S. The zero-order valence-corrected chi connectivity index (χ0v) is 14.7. The van der Waals surface area contributed by atoms with Gasteiger partial charge in [0, 0.05) is 11.3 Å². The highest BCUT2D eigenvalue weighted by atomic mass is 32.2. The van der Waals surface area contributed by atoms with Crippen molar-refractivity contribution in [2.24, 2.45) is 0 Å². The molecule has 8 heteroatoms. The van der Waals surface area contributed by atoms with Crippen molar-refractivity contribution in [3.05, 3.63) is 54.1 Å². The van der Waals surface area contributed by atoms with Crippen LogP contribution in [-0.4, -0.2) is 34.0 Å². The summed E-state index contributed by atoms with van der Waals surface area (Å²) in [5.74, 6) is 1.36. The van der Waals surface area contributed by atoms with Gasteiger partial charge in [-0.1, -0.05) is 17.8 Å². The molecule has 0 unspecified atom stereocenters. The molecule has 26 heavy (non-hydrogen) atoms. The second-order valence-electron chi connectivity index (χ2n) is 5.22. The maximum Gasteiger partial charge on any atom is 0.234 e. The van der Waals surface area contributed by atoms with Gasteiger partial charge in [0.25, 0.3) is 0 Å². The van der Waals surface area contributed by atoms with Gasteiger partial charge in [0.05, 0.1) is 24.5 Å². The van der Waals surface area contributed by atoms with Gasteiger partial charge in [0.2, 0.25) is 11.1 Å². The maximum atomic E-state index is 12.0. The summed E-state index contributed by atoms with van der Waals surface area (Å²) < 4.78 is 5.13. The van der Waals surface area contributed by atoms with Crippen molar-refractivity contribution >= 4 is 23.4 Å². The third-order valence-electron chi connectivity index (χ3n) is 3.44. The van der Waals surface area contributed by atoms with Crippen molar-refractivity contribution in [2.75, 3.05) is 18.2 Å². The van der Waals surface area contributed by atoms with Crippen molar-refractivity contribution in [3.63, 3.8) is 0 Å². The molecular weight excluding hydrogens is 350 g/mol. The van der Waals surface area contributed by atoms with Crippen LogP contribution < -0.4 is 10.1 Å². The zero-order valence-electron chi connectivity index (χ0n) is 13.9. The number of rotatable bonds is 6. The Hall–Kier alpha value is -3.31. The Labute approximate surface area is 154 Å². The van der Waals surface area contributed by atoms with Crippen LogP contribution in [0, 0.1) is 11.3 Å². The highest BCUT2D eigenvalue weighted by molar-refractivity contribution is 7.99. The molecule has 0 aliphatic carbocycles. The third kappa shape index (κ3) is 4.40. The molecule has 7 nitrogen and oxygen atoms in total. The monoisotopic (exact) mass is 365 g/mol. The summed E-state index contributed by atoms with van der Waals surface area (Å²) in [6, 6.07) is 16.2. The fourth-order valence-corrected chi connectivity index (χ4v) is 2.78. The third-order valence-corrected chi connectivity index (χ3v) is 4.28. The largest absolute Gasteiger partial charge is 0.497 e. The highest BCUT2D eigenvalue weighted by Gasteiger charge is 2.09. The number of aromatic amines is 1. The van der Waals surface area contributed by atoms with E-state index >= 15 is 0 Å². The van der Waals surface area contributed by atoms with Gasteiger partial charge < -0.3 is 10.1 Å². The molecule has 1 amide bonds. The fourth-order valence-electron chi connectivity index (χ4n) is 2.18. The molecule has 3 aromatic rings. The number of anilines is 1. The SMILES string of the molecule is COc1ccc(-c2nc(SCC(=O)Nc3cccc(C#N)c3)n[nH]2)cc1. The molecule has 0 bridgehead atoms. The van der Waals surface area contributed by atoms with Crippen LogP contribution in [0.2, 0.25) is 0 Å². The van der Waals surface area contributed by atoms with Gasteiger partial charge in [-0.15, -0.1) is 5.10 Å². The minimum atomic E-state index is -0.194. The van der Waals surface area contributed by atoms with Gasteiger partial charge >= 0.3 is 0 Å². The number of carbonyl (C=O) groups is 1. The van der Waals surface area contributed by atoms with E-state index in [1.165, 1.54) is 11.8 Å². The number of hydrogen-bond acceptors (Lipinski definition) is 6. The first kappa shape index (κ1) is 17.5. The molecule has 1 aromatic heterocycles. The topological polar surface area (TPSA) is 104 Å². The maximum absolute atomic E-state index is 12.0. The average molecular weight is 365 g/mol. The molecule has 0 spiro atoms. The highest BCUT2D eigenvalue weighted by Crippen LogP contribution is 2.22. The van der Waals surface area contributed by atoms with E-state index < -0.39 is 0 Å². The second-order valence-corrected chi connectivity index (χ2v) is 6.17. The van der Waals surface area contributed by atoms with Crippen molar-refractivity contribution in [3.8, 4) is 23.2 Å². The minimum absolute atomic E-state index is 0.163. The van der Waals surface area contributed by atoms with Gasteiger partial charge in [-0.2, -0.15) is 5.26 Å². The number of ether oxygens (including phenoxy) is 1. The Bertz CT molecular complexity index is 947. The lowest BCUT2D eigenvalue weighted by atomic mass is 10.2. The number of nitriles is 1. The number of aromatic nitrogens is 3. The van der Waals surface area contributed by atoms with Crippen molar-refractivity contribution in [1.82, 2.24) is 15.2 Å².